The third-order valence-corrected chi connectivity index (χ3v) is 3.16. The maximum atomic E-state index is 12.4. The number of hydrogen-bond donors (Lipinski definition) is 1. The molecule has 110 valence electrons. The number of nitrogens with two attached hydrogens (primary N) is 1. The molecule has 2 N–H and O–H groups in total. The van der Waals surface area contributed by atoms with Gasteiger partial charge in [0.15, 0.2) is 5.78 Å². The molecular formula is C16H14F3NO. The Bertz CT molecular complexity index is 615. The Morgan fingerprint density at radius 3 is 1.90 bits per heavy atom. The van der Waals surface area contributed by atoms with Gasteiger partial charge in [0.2, 0.25) is 0 Å². The van der Waals surface area contributed by atoms with Crippen LogP contribution in [-0.2, 0) is 19.1 Å². The van der Waals surface area contributed by atoms with Gasteiger partial charge in [-0.05, 0) is 23.3 Å². The number of Topliss-reactive ketones (excluding diaryl/α,β-unsaturated/α-hetero) is 1. The molecule has 2 rings (SSSR count). The van der Waals surface area contributed by atoms with Crippen LogP contribution >= 0.6 is 0 Å². The van der Waals surface area contributed by atoms with E-state index in [1.807, 2.05) is 0 Å². The third-order valence-electron chi connectivity index (χ3n) is 3.16. The van der Waals surface area contributed by atoms with E-state index in [0.717, 1.165) is 17.7 Å². The van der Waals surface area contributed by atoms with Crippen LogP contribution in [0.5, 0.6) is 0 Å². The van der Waals surface area contributed by atoms with Crippen LogP contribution in [0.4, 0.5) is 13.2 Å². The molecule has 21 heavy (non-hydrogen) atoms. The monoisotopic (exact) mass is 293 g/mol. The van der Waals surface area contributed by atoms with Crippen LogP contribution in [0, 0.1) is 0 Å². The Hall–Kier alpha value is -2.14. The van der Waals surface area contributed by atoms with E-state index in [-0.39, 0.29) is 12.2 Å². The van der Waals surface area contributed by atoms with Crippen molar-refractivity contribution >= 4 is 5.78 Å². The molecule has 0 amide bonds. The lowest BCUT2D eigenvalue weighted by Gasteiger charge is -2.07. The fraction of sp³-hybridized carbons (Fsp3) is 0.188. The highest BCUT2D eigenvalue weighted by Gasteiger charge is 2.29. The second kappa shape index (κ2) is 6.10. The van der Waals surface area contributed by atoms with E-state index in [2.05, 4.69) is 0 Å². The summed E-state index contributed by atoms with van der Waals surface area (Å²) in [5.74, 6) is -0.140. The maximum Gasteiger partial charge on any atom is 0.416 e. The van der Waals surface area contributed by atoms with Gasteiger partial charge in [-0.25, -0.2) is 0 Å². The summed E-state index contributed by atoms with van der Waals surface area (Å²) in [6.45, 7) is 0.396. The number of carbonyl (C=O) groups excluding carboxylic acids is 1. The molecule has 0 fully saturated rings. The molecule has 2 aromatic rings. The first-order valence-corrected chi connectivity index (χ1v) is 6.38. The molecule has 0 aliphatic heterocycles. The molecule has 0 saturated carbocycles. The first-order chi connectivity index (χ1) is 9.90. The summed E-state index contributed by atoms with van der Waals surface area (Å²) in [6.07, 6.45) is -4.29. The number of benzene rings is 2. The lowest BCUT2D eigenvalue weighted by atomic mass is 10.0. The predicted octanol–water partition coefficient (Wildman–Crippen LogP) is 3.59. The number of hydrogen-bond acceptors (Lipinski definition) is 2. The van der Waals surface area contributed by atoms with Crippen molar-refractivity contribution in [1.82, 2.24) is 0 Å². The van der Waals surface area contributed by atoms with E-state index in [4.69, 9.17) is 5.73 Å². The number of rotatable bonds is 4. The van der Waals surface area contributed by atoms with Gasteiger partial charge in [0, 0.05) is 18.5 Å². The predicted molar refractivity (Wildman–Crippen MR) is 73.8 cm³/mol. The van der Waals surface area contributed by atoms with E-state index < -0.39 is 11.7 Å². The van der Waals surface area contributed by atoms with E-state index in [1.54, 1.807) is 24.3 Å². The van der Waals surface area contributed by atoms with E-state index >= 15 is 0 Å². The zero-order valence-electron chi connectivity index (χ0n) is 11.2. The quantitative estimate of drug-likeness (QED) is 0.875. The summed E-state index contributed by atoms with van der Waals surface area (Å²) in [7, 11) is 0. The van der Waals surface area contributed by atoms with Crippen molar-refractivity contribution in [2.24, 2.45) is 5.73 Å². The van der Waals surface area contributed by atoms with Crippen LogP contribution in [0.15, 0.2) is 48.5 Å². The number of alkyl halides is 3. The summed E-state index contributed by atoms with van der Waals surface area (Å²) in [5.41, 5.74) is 6.75. The van der Waals surface area contributed by atoms with Gasteiger partial charge in [0.05, 0.1) is 5.56 Å². The highest BCUT2D eigenvalue weighted by molar-refractivity contribution is 5.97. The van der Waals surface area contributed by atoms with Gasteiger partial charge < -0.3 is 5.73 Å². The summed E-state index contributed by atoms with van der Waals surface area (Å²) >= 11 is 0. The van der Waals surface area contributed by atoms with Crippen LogP contribution in [0.1, 0.15) is 27.0 Å². The Morgan fingerprint density at radius 2 is 1.43 bits per heavy atom. The number of ketones is 1. The van der Waals surface area contributed by atoms with Crippen molar-refractivity contribution in [3.8, 4) is 0 Å². The normalized spacial score (nSPS) is 11.4. The minimum absolute atomic E-state index is 0.0696. The van der Waals surface area contributed by atoms with Crippen molar-refractivity contribution < 1.29 is 18.0 Å². The van der Waals surface area contributed by atoms with Crippen LogP contribution < -0.4 is 5.73 Å². The molecule has 0 unspecified atom stereocenters. The molecular weight excluding hydrogens is 279 g/mol. The van der Waals surface area contributed by atoms with Crippen molar-refractivity contribution in [1.29, 1.82) is 0 Å². The van der Waals surface area contributed by atoms with E-state index in [9.17, 15) is 18.0 Å². The molecule has 2 nitrogen and oxygen atoms in total. The van der Waals surface area contributed by atoms with Crippen LogP contribution in [-0.4, -0.2) is 5.78 Å². The molecule has 0 bridgehead atoms. The summed E-state index contributed by atoms with van der Waals surface area (Å²) in [6, 6.07) is 11.5. The van der Waals surface area contributed by atoms with Crippen molar-refractivity contribution in [2.45, 2.75) is 19.1 Å². The maximum absolute atomic E-state index is 12.4. The smallest absolute Gasteiger partial charge is 0.326 e. The largest absolute Gasteiger partial charge is 0.416 e. The molecule has 0 aliphatic rings. The van der Waals surface area contributed by atoms with Gasteiger partial charge >= 0.3 is 6.18 Å². The molecule has 0 heterocycles. The molecule has 0 radical (unpaired) electrons. The van der Waals surface area contributed by atoms with Gasteiger partial charge in [-0.3, -0.25) is 4.79 Å². The zero-order chi connectivity index (χ0) is 15.5. The summed E-state index contributed by atoms with van der Waals surface area (Å²) in [4.78, 5) is 12.0. The van der Waals surface area contributed by atoms with Crippen LogP contribution in [0.3, 0.4) is 0 Å². The number of halogens is 3. The highest BCUT2D eigenvalue weighted by Crippen LogP contribution is 2.29. The lowest BCUT2D eigenvalue weighted by molar-refractivity contribution is -0.137. The van der Waals surface area contributed by atoms with Gasteiger partial charge in [-0.2, -0.15) is 13.2 Å². The Labute approximate surface area is 120 Å². The second-order valence-corrected chi connectivity index (χ2v) is 4.70. The lowest BCUT2D eigenvalue weighted by Crippen LogP contribution is -2.07. The van der Waals surface area contributed by atoms with Crippen molar-refractivity contribution in [3.63, 3.8) is 0 Å². The van der Waals surface area contributed by atoms with Crippen LogP contribution in [0.2, 0.25) is 0 Å². The van der Waals surface area contributed by atoms with Gasteiger partial charge in [-0.15, -0.1) is 0 Å². The van der Waals surface area contributed by atoms with Crippen molar-refractivity contribution in [2.75, 3.05) is 0 Å². The number of carbonyl (C=O) groups is 1. The van der Waals surface area contributed by atoms with Gasteiger partial charge in [0.1, 0.15) is 0 Å². The molecule has 0 aromatic heterocycles. The van der Waals surface area contributed by atoms with Gasteiger partial charge in [-0.1, -0.05) is 36.4 Å². The zero-order valence-corrected chi connectivity index (χ0v) is 11.2. The van der Waals surface area contributed by atoms with Crippen LogP contribution in [0.25, 0.3) is 0 Å². The first-order valence-electron chi connectivity index (χ1n) is 6.38. The SMILES string of the molecule is NCc1ccc(C(=O)Cc2ccc(C(F)(F)F)cc2)cc1. The standard InChI is InChI=1S/C16H14F3NO/c17-16(18,19)14-7-3-11(4-8-14)9-15(21)13-5-1-12(10-20)2-6-13/h1-8H,9-10,20H2. The molecule has 2 aromatic carbocycles. The Kier molecular flexibility index (Phi) is 4.43. The Morgan fingerprint density at radius 1 is 0.905 bits per heavy atom. The molecule has 0 spiro atoms. The minimum atomic E-state index is -4.36. The molecule has 5 heteroatoms. The average Bonchev–Trinajstić information content (AvgIpc) is 2.47. The summed E-state index contributed by atoms with van der Waals surface area (Å²) in [5, 5.41) is 0. The topological polar surface area (TPSA) is 43.1 Å². The fourth-order valence-corrected chi connectivity index (χ4v) is 1.93. The second-order valence-electron chi connectivity index (χ2n) is 4.70. The van der Waals surface area contributed by atoms with Crippen molar-refractivity contribution in [3.05, 3.63) is 70.8 Å². The third kappa shape index (κ3) is 3.92. The van der Waals surface area contributed by atoms with E-state index in [1.165, 1.54) is 12.1 Å². The Balaban J connectivity index is 2.08. The molecule has 0 aliphatic carbocycles. The van der Waals surface area contributed by atoms with E-state index in [0.29, 0.717) is 17.7 Å². The average molecular weight is 293 g/mol. The first kappa shape index (κ1) is 15.3. The van der Waals surface area contributed by atoms with Gasteiger partial charge in [0.25, 0.3) is 0 Å². The summed E-state index contributed by atoms with van der Waals surface area (Å²) < 4.78 is 37.3. The fourth-order valence-electron chi connectivity index (χ4n) is 1.93. The highest BCUT2D eigenvalue weighted by atomic mass is 19.4. The molecule has 0 atom stereocenters. The molecule has 0 saturated heterocycles. The minimum Gasteiger partial charge on any atom is -0.326 e.